The highest BCUT2D eigenvalue weighted by Crippen LogP contribution is 2.38. The van der Waals surface area contributed by atoms with E-state index in [1.165, 1.54) is 25.6 Å². The fraction of sp³-hybridized carbons (Fsp3) is 0.333. The molecule has 0 saturated heterocycles. The van der Waals surface area contributed by atoms with Crippen molar-refractivity contribution in [3.63, 3.8) is 0 Å². The van der Waals surface area contributed by atoms with E-state index in [0.717, 1.165) is 5.69 Å². The van der Waals surface area contributed by atoms with Crippen molar-refractivity contribution in [1.29, 1.82) is 0 Å². The van der Waals surface area contributed by atoms with Gasteiger partial charge in [-0.1, -0.05) is 11.6 Å². The molecule has 0 fully saturated rings. The summed E-state index contributed by atoms with van der Waals surface area (Å²) in [5, 5.41) is 2.86. The Kier molecular flexibility index (Phi) is 6.45. The van der Waals surface area contributed by atoms with Crippen molar-refractivity contribution >= 4 is 40.6 Å². The second kappa shape index (κ2) is 8.36. The maximum atomic E-state index is 12.2. The van der Waals surface area contributed by atoms with Crippen LogP contribution in [-0.4, -0.2) is 31.3 Å². The molecule has 0 bridgehead atoms. The van der Waals surface area contributed by atoms with Crippen LogP contribution < -0.4 is 9.47 Å². The van der Waals surface area contributed by atoms with Gasteiger partial charge in [0.25, 0.3) is 0 Å². The Morgan fingerprint density at radius 2 is 2.04 bits per heavy atom. The number of aromatic nitrogens is 1. The molecule has 25 heavy (non-hydrogen) atoms. The molecule has 2 rings (SSSR count). The van der Waals surface area contributed by atoms with Gasteiger partial charge in [-0.2, -0.15) is 0 Å². The lowest BCUT2D eigenvalue weighted by atomic mass is 10.1. The van der Waals surface area contributed by atoms with Gasteiger partial charge < -0.3 is 14.2 Å². The van der Waals surface area contributed by atoms with Gasteiger partial charge in [-0.05, 0) is 44.5 Å². The van der Waals surface area contributed by atoms with Gasteiger partial charge in [0.05, 0.1) is 30.9 Å². The molecule has 0 saturated carbocycles. The summed E-state index contributed by atoms with van der Waals surface area (Å²) in [6, 6.07) is 3.47. The van der Waals surface area contributed by atoms with Crippen LogP contribution in [0.15, 0.2) is 17.5 Å². The average molecular weight is 382 g/mol. The number of hydrogen-bond donors (Lipinski definition) is 0. The summed E-state index contributed by atoms with van der Waals surface area (Å²) < 4.78 is 16.0. The number of methoxy groups -OCH3 is 2. The van der Waals surface area contributed by atoms with Gasteiger partial charge in [-0.3, -0.25) is 0 Å². The van der Waals surface area contributed by atoms with Crippen molar-refractivity contribution in [3.8, 4) is 11.5 Å². The lowest BCUT2D eigenvalue weighted by Crippen LogP contribution is -2.07. The Balaban J connectivity index is 2.52. The van der Waals surface area contributed by atoms with E-state index in [1.807, 2.05) is 26.2 Å². The van der Waals surface area contributed by atoms with Crippen molar-refractivity contribution in [2.75, 3.05) is 14.2 Å². The van der Waals surface area contributed by atoms with E-state index in [-0.39, 0.29) is 6.10 Å². The van der Waals surface area contributed by atoms with Gasteiger partial charge in [-0.25, -0.2) is 9.78 Å². The van der Waals surface area contributed by atoms with E-state index < -0.39 is 5.97 Å². The summed E-state index contributed by atoms with van der Waals surface area (Å²) in [5.74, 6) is 0.500. The molecular formula is C18H20ClNO4S. The zero-order chi connectivity index (χ0) is 18.6. The van der Waals surface area contributed by atoms with Crippen molar-refractivity contribution in [3.05, 3.63) is 38.8 Å². The van der Waals surface area contributed by atoms with Gasteiger partial charge >= 0.3 is 5.97 Å². The SMILES string of the molecule is COC(=O)/C(=C\c1cc(Cl)c(OC(C)C)c(OC)c1)c1nc(C)cs1. The fourth-order valence-corrected chi connectivity index (χ4v) is 3.20. The van der Waals surface area contributed by atoms with Crippen LogP contribution in [0.3, 0.4) is 0 Å². The van der Waals surface area contributed by atoms with Crippen molar-refractivity contribution in [2.45, 2.75) is 26.9 Å². The van der Waals surface area contributed by atoms with Crippen LogP contribution in [0.5, 0.6) is 11.5 Å². The fourth-order valence-electron chi connectivity index (χ4n) is 2.14. The number of carbonyl (C=O) groups excluding carboxylic acids is 1. The smallest absolute Gasteiger partial charge is 0.340 e. The number of thiazole rings is 1. The molecule has 1 aromatic carbocycles. The van der Waals surface area contributed by atoms with E-state index in [2.05, 4.69) is 4.98 Å². The van der Waals surface area contributed by atoms with Gasteiger partial charge in [-0.15, -0.1) is 11.3 Å². The molecule has 1 aromatic heterocycles. The third-order valence-electron chi connectivity index (χ3n) is 3.17. The third kappa shape index (κ3) is 4.74. The molecule has 0 N–H and O–H groups in total. The van der Waals surface area contributed by atoms with Crippen LogP contribution in [0, 0.1) is 6.92 Å². The van der Waals surface area contributed by atoms with Gasteiger partial charge in [0.15, 0.2) is 11.5 Å². The van der Waals surface area contributed by atoms with E-state index in [9.17, 15) is 4.79 Å². The minimum atomic E-state index is -0.466. The Labute approximate surface area is 156 Å². The van der Waals surface area contributed by atoms with Crippen molar-refractivity contribution in [1.82, 2.24) is 4.98 Å². The number of carbonyl (C=O) groups is 1. The summed E-state index contributed by atoms with van der Waals surface area (Å²) in [5.41, 5.74) is 1.88. The first-order chi connectivity index (χ1) is 11.8. The highest BCUT2D eigenvalue weighted by atomic mass is 35.5. The van der Waals surface area contributed by atoms with Gasteiger partial charge in [0, 0.05) is 11.1 Å². The molecule has 0 unspecified atom stereocenters. The van der Waals surface area contributed by atoms with Crippen LogP contribution in [0.4, 0.5) is 0 Å². The number of rotatable bonds is 6. The minimum absolute atomic E-state index is 0.0447. The number of hydrogen-bond acceptors (Lipinski definition) is 6. The molecular weight excluding hydrogens is 362 g/mol. The summed E-state index contributed by atoms with van der Waals surface area (Å²) >= 11 is 7.72. The Bertz CT molecular complexity index is 798. The molecule has 0 atom stereocenters. The molecule has 0 aliphatic rings. The molecule has 0 aliphatic carbocycles. The van der Waals surface area contributed by atoms with Crippen LogP contribution in [0.2, 0.25) is 5.02 Å². The van der Waals surface area contributed by atoms with E-state index in [4.69, 9.17) is 25.8 Å². The minimum Gasteiger partial charge on any atom is -0.493 e. The molecule has 7 heteroatoms. The second-order valence-electron chi connectivity index (χ2n) is 5.54. The number of halogens is 1. The molecule has 5 nitrogen and oxygen atoms in total. The van der Waals surface area contributed by atoms with Crippen LogP contribution in [0.25, 0.3) is 11.6 Å². The second-order valence-corrected chi connectivity index (χ2v) is 6.81. The molecule has 134 valence electrons. The number of esters is 1. The van der Waals surface area contributed by atoms with E-state index in [1.54, 1.807) is 18.2 Å². The monoisotopic (exact) mass is 381 g/mol. The Morgan fingerprint density at radius 1 is 1.32 bits per heavy atom. The van der Waals surface area contributed by atoms with E-state index >= 15 is 0 Å². The number of ether oxygens (including phenoxy) is 3. The van der Waals surface area contributed by atoms with Crippen LogP contribution >= 0.6 is 22.9 Å². The largest absolute Gasteiger partial charge is 0.493 e. The quantitative estimate of drug-likeness (QED) is 0.540. The predicted octanol–water partition coefficient (Wildman–Crippen LogP) is 4.61. The summed E-state index contributed by atoms with van der Waals surface area (Å²) in [6.45, 7) is 5.68. The normalized spacial score (nSPS) is 11.6. The average Bonchev–Trinajstić information content (AvgIpc) is 2.99. The summed E-state index contributed by atoms with van der Waals surface area (Å²) in [6.07, 6.45) is 1.63. The van der Waals surface area contributed by atoms with Gasteiger partial charge in [0.1, 0.15) is 5.01 Å². The maximum absolute atomic E-state index is 12.2. The number of benzene rings is 1. The summed E-state index contributed by atoms with van der Waals surface area (Å²) in [4.78, 5) is 16.5. The molecule has 0 radical (unpaired) electrons. The topological polar surface area (TPSA) is 57.7 Å². The first-order valence-corrected chi connectivity index (χ1v) is 8.88. The number of aryl methyl sites for hydroxylation is 1. The molecule has 0 aliphatic heterocycles. The van der Waals surface area contributed by atoms with Crippen LogP contribution in [0.1, 0.15) is 30.1 Å². The zero-order valence-electron chi connectivity index (χ0n) is 14.8. The molecule has 1 heterocycles. The lowest BCUT2D eigenvalue weighted by Gasteiger charge is -2.16. The Morgan fingerprint density at radius 3 is 2.56 bits per heavy atom. The number of nitrogens with zero attached hydrogens (tertiary/aromatic N) is 1. The van der Waals surface area contributed by atoms with Crippen molar-refractivity contribution < 1.29 is 19.0 Å². The highest BCUT2D eigenvalue weighted by Gasteiger charge is 2.18. The first kappa shape index (κ1) is 19.3. The predicted molar refractivity (Wildman–Crippen MR) is 101 cm³/mol. The highest BCUT2D eigenvalue weighted by molar-refractivity contribution is 7.11. The molecule has 2 aromatic rings. The first-order valence-electron chi connectivity index (χ1n) is 7.62. The Hall–Kier alpha value is -2.05. The zero-order valence-corrected chi connectivity index (χ0v) is 16.3. The van der Waals surface area contributed by atoms with Gasteiger partial charge in [0.2, 0.25) is 0 Å². The summed E-state index contributed by atoms with van der Waals surface area (Å²) in [7, 11) is 2.88. The van der Waals surface area contributed by atoms with E-state index in [0.29, 0.717) is 32.7 Å². The molecule has 0 amide bonds. The van der Waals surface area contributed by atoms with Crippen molar-refractivity contribution in [2.24, 2.45) is 0 Å². The maximum Gasteiger partial charge on any atom is 0.340 e. The lowest BCUT2D eigenvalue weighted by molar-refractivity contribution is -0.133. The molecule has 0 spiro atoms. The van der Waals surface area contributed by atoms with Crippen LogP contribution in [-0.2, 0) is 9.53 Å². The standard InChI is InChI=1S/C18H20ClNO4S/c1-10(2)24-16-14(19)7-12(8-15(16)22-4)6-13(18(21)23-5)17-20-11(3)9-25-17/h6-10H,1-5H3/b13-6-. The third-order valence-corrected chi connectivity index (χ3v) is 4.45.